The number of allylic oxidation sites excluding steroid dienone is 3. The molecule has 0 radical (unpaired) electrons. The van der Waals surface area contributed by atoms with Crippen LogP contribution in [0.15, 0.2) is 63.3 Å². The van der Waals surface area contributed by atoms with Crippen molar-refractivity contribution in [3.63, 3.8) is 0 Å². The van der Waals surface area contributed by atoms with Crippen molar-refractivity contribution in [2.45, 2.75) is 20.8 Å². The number of hydrogen-bond acceptors (Lipinski definition) is 4. The van der Waals surface area contributed by atoms with E-state index in [9.17, 15) is 9.59 Å². The van der Waals surface area contributed by atoms with Gasteiger partial charge < -0.3 is 9.47 Å². The first kappa shape index (κ1) is 27.1. The molecule has 0 atom stereocenters. The zero-order valence-electron chi connectivity index (χ0n) is 13.5. The summed E-state index contributed by atoms with van der Waals surface area (Å²) in [6.45, 7) is 22.2. The molecule has 0 bridgehead atoms. The molecule has 120 valence electrons. The Labute approximate surface area is 129 Å². The number of esters is 2. The van der Waals surface area contributed by atoms with E-state index in [1.165, 1.54) is 0 Å². The Balaban J connectivity index is -0.000000132. The van der Waals surface area contributed by atoms with Crippen LogP contribution in [0.2, 0.25) is 0 Å². The summed E-state index contributed by atoms with van der Waals surface area (Å²) < 4.78 is 9.04. The summed E-state index contributed by atoms with van der Waals surface area (Å²) in [5, 5.41) is 0. The van der Waals surface area contributed by atoms with E-state index < -0.39 is 11.9 Å². The molecule has 4 nitrogen and oxygen atoms in total. The highest BCUT2D eigenvalue weighted by molar-refractivity contribution is 5.81. The molecule has 0 aromatic carbocycles. The second-order valence-electron chi connectivity index (χ2n) is 2.97. The second kappa shape index (κ2) is 30.6. The fraction of sp³-hybridized carbons (Fsp3) is 0.294. The van der Waals surface area contributed by atoms with Crippen molar-refractivity contribution in [1.82, 2.24) is 0 Å². The third-order valence-corrected chi connectivity index (χ3v) is 0.905. The molecule has 0 unspecified atom stereocenters. The van der Waals surface area contributed by atoms with Crippen LogP contribution in [0.4, 0.5) is 0 Å². The maximum absolute atomic E-state index is 10.4. The molecule has 0 rings (SSSR count). The largest absolute Gasteiger partial charge is 0.459 e. The number of ether oxygens (including phenoxy) is 2. The lowest BCUT2D eigenvalue weighted by Crippen LogP contribution is -2.10. The third kappa shape index (κ3) is 57.8. The highest BCUT2D eigenvalue weighted by Gasteiger charge is 1.97. The molecule has 0 aromatic rings. The summed E-state index contributed by atoms with van der Waals surface area (Å²) >= 11 is 0. The fourth-order valence-corrected chi connectivity index (χ4v) is 0.402. The first-order chi connectivity index (χ1) is 9.94. The van der Waals surface area contributed by atoms with Crippen LogP contribution in [-0.4, -0.2) is 25.2 Å². The Bertz CT molecular complexity index is 268. The zero-order chi connectivity index (χ0) is 17.5. The molecule has 0 fully saturated rings. The van der Waals surface area contributed by atoms with Gasteiger partial charge >= 0.3 is 11.9 Å². The Kier molecular flexibility index (Phi) is 39.4. The van der Waals surface area contributed by atoms with Crippen LogP contribution in [-0.2, 0) is 19.1 Å². The van der Waals surface area contributed by atoms with E-state index in [2.05, 4.69) is 42.4 Å². The van der Waals surface area contributed by atoms with Crippen LogP contribution in [0.25, 0.3) is 0 Å². The minimum atomic E-state index is -0.537. The number of carbonyl (C=O) groups excluding carboxylic acids is 2. The van der Waals surface area contributed by atoms with Gasteiger partial charge in [-0.3, -0.25) is 0 Å². The maximum Gasteiger partial charge on any atom is 0.330 e. The van der Waals surface area contributed by atoms with Crippen molar-refractivity contribution < 1.29 is 19.1 Å². The molecule has 0 N–H and O–H groups in total. The van der Waals surface area contributed by atoms with Gasteiger partial charge in [0.2, 0.25) is 0 Å². The maximum atomic E-state index is 10.4. The van der Waals surface area contributed by atoms with Gasteiger partial charge in [-0.2, -0.15) is 0 Å². The van der Waals surface area contributed by atoms with Gasteiger partial charge in [0, 0.05) is 12.2 Å². The van der Waals surface area contributed by atoms with Crippen molar-refractivity contribution in [2.24, 2.45) is 0 Å². The highest BCUT2D eigenvalue weighted by atomic mass is 16.6. The zero-order valence-corrected chi connectivity index (χ0v) is 13.5. The summed E-state index contributed by atoms with van der Waals surface area (Å²) in [7, 11) is 0. The van der Waals surface area contributed by atoms with E-state index in [0.29, 0.717) is 0 Å². The number of hydrogen-bond donors (Lipinski definition) is 0. The summed E-state index contributed by atoms with van der Waals surface area (Å²) in [6, 6.07) is 0. The molecule has 0 aliphatic carbocycles. The van der Waals surface area contributed by atoms with E-state index in [4.69, 9.17) is 0 Å². The average Bonchev–Trinajstić information content (AvgIpc) is 2.45. The van der Waals surface area contributed by atoms with Crippen molar-refractivity contribution >= 4 is 11.9 Å². The quantitative estimate of drug-likeness (QED) is 0.333. The van der Waals surface area contributed by atoms with Crippen molar-refractivity contribution in [2.75, 3.05) is 13.2 Å². The van der Waals surface area contributed by atoms with Crippen LogP contribution in [0.1, 0.15) is 20.8 Å². The SMILES string of the molecule is C=CC.C=CC.C=CC.C=CC(=O)OCCOC(=O)C=C. The van der Waals surface area contributed by atoms with Gasteiger partial charge in [0.05, 0.1) is 0 Å². The van der Waals surface area contributed by atoms with Crippen LogP contribution in [0.3, 0.4) is 0 Å². The smallest absolute Gasteiger partial charge is 0.330 e. The topological polar surface area (TPSA) is 52.6 Å². The van der Waals surface area contributed by atoms with Crippen molar-refractivity contribution in [3.8, 4) is 0 Å². The van der Waals surface area contributed by atoms with Crippen molar-refractivity contribution in [1.29, 1.82) is 0 Å². The molecule has 4 heteroatoms. The van der Waals surface area contributed by atoms with E-state index in [1.807, 2.05) is 20.8 Å². The molecule has 0 amide bonds. The predicted octanol–water partition coefficient (Wildman–Crippen LogP) is 4.02. The molecule has 0 saturated heterocycles. The molecular weight excluding hydrogens is 268 g/mol. The molecular formula is C17H28O4. The Hall–Kier alpha value is -2.36. The predicted molar refractivity (Wildman–Crippen MR) is 89.9 cm³/mol. The van der Waals surface area contributed by atoms with Gasteiger partial charge in [-0.05, 0) is 20.8 Å². The number of rotatable bonds is 5. The molecule has 0 aromatic heterocycles. The molecule has 0 saturated carbocycles. The van der Waals surface area contributed by atoms with Crippen LogP contribution in [0.5, 0.6) is 0 Å². The summed E-state index contributed by atoms with van der Waals surface area (Å²) in [5.41, 5.74) is 0. The van der Waals surface area contributed by atoms with E-state index >= 15 is 0 Å². The van der Waals surface area contributed by atoms with Crippen LogP contribution < -0.4 is 0 Å². The first-order valence-electron chi connectivity index (χ1n) is 6.24. The molecule has 0 heterocycles. The Morgan fingerprint density at radius 2 is 0.905 bits per heavy atom. The summed E-state index contributed by atoms with van der Waals surface area (Å²) in [6.07, 6.45) is 7.32. The van der Waals surface area contributed by atoms with Gasteiger partial charge in [-0.1, -0.05) is 31.4 Å². The third-order valence-electron chi connectivity index (χ3n) is 0.905. The van der Waals surface area contributed by atoms with Crippen molar-refractivity contribution in [3.05, 3.63) is 63.3 Å². The van der Waals surface area contributed by atoms with Gasteiger partial charge in [-0.25, -0.2) is 9.59 Å². The number of carbonyl (C=O) groups is 2. The average molecular weight is 296 g/mol. The lowest BCUT2D eigenvalue weighted by molar-refractivity contribution is -0.146. The molecule has 0 aliphatic rings. The summed E-state index contributed by atoms with van der Waals surface area (Å²) in [5.74, 6) is -1.07. The molecule has 0 aliphatic heterocycles. The molecule has 21 heavy (non-hydrogen) atoms. The fourth-order valence-electron chi connectivity index (χ4n) is 0.402. The van der Waals surface area contributed by atoms with Gasteiger partial charge in [0.15, 0.2) is 0 Å². The standard InChI is InChI=1S/C8H10O4.3C3H6/c1-3-7(9)11-5-6-12-8(10)4-2;3*1-3-2/h3-4H,1-2,5-6H2;3*3H,1H2,2H3. The van der Waals surface area contributed by atoms with E-state index in [-0.39, 0.29) is 13.2 Å². The molecule has 0 spiro atoms. The normalized spacial score (nSPS) is 6.62. The summed E-state index contributed by atoms with van der Waals surface area (Å²) in [4.78, 5) is 20.9. The van der Waals surface area contributed by atoms with Gasteiger partial charge in [-0.15, -0.1) is 19.7 Å². The van der Waals surface area contributed by atoms with Gasteiger partial charge in [0.1, 0.15) is 13.2 Å². The Morgan fingerprint density at radius 3 is 1.05 bits per heavy atom. The highest BCUT2D eigenvalue weighted by Crippen LogP contribution is 1.82. The van der Waals surface area contributed by atoms with Gasteiger partial charge in [0.25, 0.3) is 0 Å². The minimum Gasteiger partial charge on any atom is -0.459 e. The lowest BCUT2D eigenvalue weighted by atomic mass is 10.6. The monoisotopic (exact) mass is 296 g/mol. The van der Waals surface area contributed by atoms with E-state index in [1.54, 1.807) is 18.2 Å². The van der Waals surface area contributed by atoms with Crippen LogP contribution >= 0.6 is 0 Å². The second-order valence-corrected chi connectivity index (χ2v) is 2.97. The first-order valence-corrected chi connectivity index (χ1v) is 6.24. The minimum absolute atomic E-state index is 0.0322. The van der Waals surface area contributed by atoms with E-state index in [0.717, 1.165) is 12.2 Å². The Morgan fingerprint density at radius 1 is 0.714 bits per heavy atom. The lowest BCUT2D eigenvalue weighted by Gasteiger charge is -2.01. The van der Waals surface area contributed by atoms with Crippen LogP contribution in [0, 0.1) is 0 Å².